The van der Waals surface area contributed by atoms with Crippen LogP contribution in [-0.2, 0) is 13.1 Å². The van der Waals surface area contributed by atoms with Crippen LogP contribution < -0.4 is 15.0 Å². The Morgan fingerprint density at radius 1 is 1.30 bits per heavy atom. The van der Waals surface area contributed by atoms with Crippen LogP contribution >= 0.6 is 11.3 Å². The van der Waals surface area contributed by atoms with E-state index in [4.69, 9.17) is 9.47 Å². The van der Waals surface area contributed by atoms with E-state index in [0.717, 1.165) is 16.8 Å². The van der Waals surface area contributed by atoms with Crippen molar-refractivity contribution in [3.8, 4) is 11.5 Å². The van der Waals surface area contributed by atoms with Gasteiger partial charge in [0.05, 0.1) is 26.0 Å². The first kappa shape index (κ1) is 18.0. The highest BCUT2D eigenvalue weighted by molar-refractivity contribution is 7.15. The molecule has 0 saturated carbocycles. The van der Waals surface area contributed by atoms with Crippen molar-refractivity contribution in [1.29, 1.82) is 0 Å². The Hall–Kier alpha value is -2.42. The zero-order chi connectivity index (χ0) is 19.1. The summed E-state index contributed by atoms with van der Waals surface area (Å²) in [5.74, 6) is 1.37. The van der Waals surface area contributed by atoms with Crippen LogP contribution in [0.25, 0.3) is 4.96 Å². The quantitative estimate of drug-likeness (QED) is 0.739. The fourth-order valence-corrected chi connectivity index (χ4v) is 4.57. The van der Waals surface area contributed by atoms with Crippen molar-refractivity contribution in [2.75, 3.05) is 20.8 Å². The van der Waals surface area contributed by atoms with Crippen LogP contribution in [0, 0.1) is 6.92 Å². The number of fused-ring (bicyclic) bond motifs is 2. The van der Waals surface area contributed by atoms with E-state index in [1.807, 2.05) is 24.4 Å². The molecule has 1 atom stereocenters. The maximum absolute atomic E-state index is 12.4. The number of aliphatic hydroxyl groups excluding tert-OH is 1. The van der Waals surface area contributed by atoms with E-state index in [-0.39, 0.29) is 5.56 Å². The molecule has 1 aromatic carbocycles. The van der Waals surface area contributed by atoms with Crippen LogP contribution in [-0.4, -0.2) is 40.2 Å². The van der Waals surface area contributed by atoms with E-state index in [1.165, 1.54) is 11.3 Å². The minimum absolute atomic E-state index is 0.0778. The summed E-state index contributed by atoms with van der Waals surface area (Å²) in [6.07, 6.45) is -0.701. The number of ether oxygens (including phenoxy) is 2. The molecule has 1 aliphatic heterocycles. The Kier molecular flexibility index (Phi) is 4.63. The molecule has 0 fully saturated rings. The van der Waals surface area contributed by atoms with Crippen molar-refractivity contribution in [3.63, 3.8) is 0 Å². The second-order valence-corrected chi connectivity index (χ2v) is 7.47. The van der Waals surface area contributed by atoms with Gasteiger partial charge in [-0.1, -0.05) is 0 Å². The van der Waals surface area contributed by atoms with Gasteiger partial charge >= 0.3 is 0 Å². The highest BCUT2D eigenvalue weighted by Crippen LogP contribution is 2.39. The summed E-state index contributed by atoms with van der Waals surface area (Å²) in [4.78, 5) is 19.8. The second-order valence-electron chi connectivity index (χ2n) is 6.63. The summed E-state index contributed by atoms with van der Waals surface area (Å²) >= 11 is 1.45. The fourth-order valence-electron chi connectivity index (χ4n) is 3.68. The van der Waals surface area contributed by atoms with E-state index in [1.54, 1.807) is 24.7 Å². The molecule has 3 aromatic rings. The first-order valence-electron chi connectivity index (χ1n) is 8.62. The summed E-state index contributed by atoms with van der Waals surface area (Å²) in [5.41, 5.74) is 3.18. The molecule has 7 nitrogen and oxygen atoms in total. The predicted octanol–water partition coefficient (Wildman–Crippen LogP) is 2.13. The van der Waals surface area contributed by atoms with E-state index < -0.39 is 6.10 Å². The second kappa shape index (κ2) is 6.95. The number of nitrogens with zero attached hydrogens (tertiary/aromatic N) is 3. The lowest BCUT2D eigenvalue weighted by atomic mass is 9.95. The molecule has 1 aliphatic rings. The molecular weight excluding hydrogens is 366 g/mol. The molecule has 4 rings (SSSR count). The Balaban J connectivity index is 1.67. The number of β-amino-alcohol motifs (C(OH)–C–C–N with tert-alkyl or cyclic N) is 1. The zero-order valence-electron chi connectivity index (χ0n) is 15.4. The topological polar surface area (TPSA) is 76.3 Å². The third kappa shape index (κ3) is 3.09. The Morgan fingerprint density at radius 2 is 2.04 bits per heavy atom. The molecular formula is C19H21N3O4S. The van der Waals surface area contributed by atoms with Gasteiger partial charge < -0.3 is 14.6 Å². The molecule has 0 spiro atoms. The van der Waals surface area contributed by atoms with Crippen molar-refractivity contribution in [2.24, 2.45) is 0 Å². The molecule has 3 heterocycles. The fraction of sp³-hybridized carbons (Fsp3) is 0.368. The number of hydrogen-bond donors (Lipinski definition) is 1. The Morgan fingerprint density at radius 3 is 2.78 bits per heavy atom. The van der Waals surface area contributed by atoms with Crippen LogP contribution in [0.5, 0.6) is 11.5 Å². The number of aryl methyl sites for hydroxylation is 1. The highest BCUT2D eigenvalue weighted by atomic mass is 32.1. The number of benzene rings is 1. The predicted molar refractivity (Wildman–Crippen MR) is 103 cm³/mol. The molecule has 1 N–H and O–H groups in total. The van der Waals surface area contributed by atoms with Gasteiger partial charge in [0.15, 0.2) is 4.96 Å². The van der Waals surface area contributed by atoms with Gasteiger partial charge in [0, 0.05) is 47.9 Å². The average molecular weight is 387 g/mol. The van der Waals surface area contributed by atoms with Gasteiger partial charge in [-0.05, 0) is 19.1 Å². The van der Waals surface area contributed by atoms with E-state index in [9.17, 15) is 9.90 Å². The van der Waals surface area contributed by atoms with Gasteiger partial charge in [-0.25, -0.2) is 4.98 Å². The summed E-state index contributed by atoms with van der Waals surface area (Å²) in [5, 5.41) is 12.6. The summed E-state index contributed by atoms with van der Waals surface area (Å²) in [6.45, 7) is 3.38. The molecule has 0 bridgehead atoms. The first-order chi connectivity index (χ1) is 13.0. The largest absolute Gasteiger partial charge is 0.496 e. The Labute approximate surface area is 160 Å². The number of methoxy groups -OCH3 is 2. The molecule has 0 aliphatic carbocycles. The first-order valence-corrected chi connectivity index (χ1v) is 9.50. The lowest BCUT2D eigenvalue weighted by Crippen LogP contribution is -2.34. The monoisotopic (exact) mass is 387 g/mol. The smallest absolute Gasteiger partial charge is 0.259 e. The number of aliphatic hydroxyl groups is 1. The van der Waals surface area contributed by atoms with E-state index in [0.29, 0.717) is 41.8 Å². The van der Waals surface area contributed by atoms with Crippen LogP contribution in [0.4, 0.5) is 0 Å². The maximum atomic E-state index is 12.4. The van der Waals surface area contributed by atoms with Crippen LogP contribution in [0.1, 0.15) is 28.6 Å². The molecule has 0 amide bonds. The van der Waals surface area contributed by atoms with Crippen LogP contribution in [0.3, 0.4) is 0 Å². The molecule has 8 heteroatoms. The van der Waals surface area contributed by atoms with Crippen molar-refractivity contribution in [1.82, 2.24) is 14.3 Å². The molecule has 2 aromatic heterocycles. The molecule has 0 unspecified atom stereocenters. The summed E-state index contributed by atoms with van der Waals surface area (Å²) in [7, 11) is 3.21. The van der Waals surface area contributed by atoms with Crippen LogP contribution in [0.2, 0.25) is 0 Å². The third-order valence-electron chi connectivity index (χ3n) is 4.87. The molecule has 27 heavy (non-hydrogen) atoms. The van der Waals surface area contributed by atoms with Gasteiger partial charge in [-0.15, -0.1) is 11.3 Å². The van der Waals surface area contributed by atoms with Crippen molar-refractivity contribution >= 4 is 16.3 Å². The maximum Gasteiger partial charge on any atom is 0.259 e. The number of aromatic nitrogens is 2. The number of hydrogen-bond acceptors (Lipinski definition) is 7. The number of thiazole rings is 1. The normalized spacial score (nSPS) is 17.1. The van der Waals surface area contributed by atoms with Gasteiger partial charge in [0.2, 0.25) is 0 Å². The standard InChI is InChI=1S/C19H21N3O4S/c1-11-10-27-19-20-12(6-17(24)22(11)19)7-21-8-13-15(25-2)4-5-16(26-3)18(13)14(23)9-21/h4-6,10,14,23H,7-9H2,1-3H3/t14-/m1/s1. The lowest BCUT2D eigenvalue weighted by Gasteiger charge is -2.33. The minimum atomic E-state index is -0.701. The minimum Gasteiger partial charge on any atom is -0.496 e. The molecule has 142 valence electrons. The summed E-state index contributed by atoms with van der Waals surface area (Å²) in [6, 6.07) is 5.22. The SMILES string of the molecule is COc1ccc(OC)c2c1CN(Cc1cc(=O)n3c(C)csc3n1)C[C@H]2O. The van der Waals surface area contributed by atoms with Gasteiger partial charge in [-0.3, -0.25) is 14.1 Å². The van der Waals surface area contributed by atoms with Crippen LogP contribution in [0.15, 0.2) is 28.4 Å². The highest BCUT2D eigenvalue weighted by Gasteiger charge is 2.30. The summed E-state index contributed by atoms with van der Waals surface area (Å²) < 4.78 is 12.5. The Bertz CT molecular complexity index is 1060. The van der Waals surface area contributed by atoms with Gasteiger partial charge in [0.25, 0.3) is 5.56 Å². The molecule has 0 radical (unpaired) electrons. The molecule has 0 saturated heterocycles. The lowest BCUT2D eigenvalue weighted by molar-refractivity contribution is 0.0836. The van der Waals surface area contributed by atoms with Crippen molar-refractivity contribution in [3.05, 3.63) is 56.4 Å². The zero-order valence-corrected chi connectivity index (χ0v) is 16.2. The van der Waals surface area contributed by atoms with Gasteiger partial charge in [-0.2, -0.15) is 0 Å². The van der Waals surface area contributed by atoms with Crippen molar-refractivity contribution < 1.29 is 14.6 Å². The third-order valence-corrected chi connectivity index (χ3v) is 5.82. The van der Waals surface area contributed by atoms with Crippen molar-refractivity contribution in [2.45, 2.75) is 26.1 Å². The average Bonchev–Trinajstić information content (AvgIpc) is 3.02. The number of rotatable bonds is 4. The van der Waals surface area contributed by atoms with Gasteiger partial charge in [0.1, 0.15) is 11.5 Å². The van der Waals surface area contributed by atoms with E-state index >= 15 is 0 Å². The van der Waals surface area contributed by atoms with E-state index in [2.05, 4.69) is 9.88 Å².